The largest absolute Gasteiger partial charge is 0.391 e. The molecule has 0 aromatic heterocycles. The number of nitrogens with two attached hydrogens (primary N) is 1. The molecule has 0 radical (unpaired) electrons. The van der Waals surface area contributed by atoms with Gasteiger partial charge in [0.1, 0.15) is 18.1 Å². The van der Waals surface area contributed by atoms with E-state index in [1.54, 1.807) is 26.0 Å². The van der Waals surface area contributed by atoms with Crippen molar-refractivity contribution in [2.75, 3.05) is 0 Å². The Morgan fingerprint density at radius 3 is 1.97 bits per heavy atom. The van der Waals surface area contributed by atoms with Crippen LogP contribution in [0.4, 0.5) is 0 Å². The van der Waals surface area contributed by atoms with E-state index in [1.165, 1.54) is 20.8 Å². The van der Waals surface area contributed by atoms with Gasteiger partial charge < -0.3 is 32.1 Å². The van der Waals surface area contributed by atoms with Crippen molar-refractivity contribution in [3.63, 3.8) is 0 Å². The van der Waals surface area contributed by atoms with Crippen LogP contribution < -0.4 is 27.0 Å². The molecule has 0 aliphatic carbocycles. The standard InChI is InChI=1S/C25H39N5O6/c1-14(2)22(28-17(5)32)25(36)30-20(13-18-9-7-6-8-10-18)24(35)27-15(3)23(34)29-19(16(4)31)11-12-21(26)33/h6-10,14-16,19-20,22,31H,11-13H2,1-5H3,(H2,26,33)(H,27,35)(H,28,32)(H,29,34)(H,30,36)/t15?,16?,19?,20?,22-/m0/s1. The molecule has 0 saturated carbocycles. The van der Waals surface area contributed by atoms with E-state index < -0.39 is 53.9 Å². The molecule has 0 aliphatic heterocycles. The third-order valence-corrected chi connectivity index (χ3v) is 5.59. The molecular weight excluding hydrogens is 466 g/mol. The van der Waals surface area contributed by atoms with E-state index in [2.05, 4.69) is 21.3 Å². The molecule has 1 aromatic carbocycles. The summed E-state index contributed by atoms with van der Waals surface area (Å²) in [5, 5.41) is 20.4. The van der Waals surface area contributed by atoms with Gasteiger partial charge in [0.25, 0.3) is 0 Å². The number of aliphatic hydroxyl groups excluding tert-OH is 1. The van der Waals surface area contributed by atoms with E-state index in [9.17, 15) is 29.1 Å². The minimum absolute atomic E-state index is 0.0207. The van der Waals surface area contributed by atoms with E-state index >= 15 is 0 Å². The Hall–Kier alpha value is -3.47. The zero-order chi connectivity index (χ0) is 27.4. The summed E-state index contributed by atoms with van der Waals surface area (Å²) >= 11 is 0. The molecule has 36 heavy (non-hydrogen) atoms. The fourth-order valence-corrected chi connectivity index (χ4v) is 3.49. The van der Waals surface area contributed by atoms with Crippen molar-refractivity contribution in [1.82, 2.24) is 21.3 Å². The molecule has 0 fully saturated rings. The highest BCUT2D eigenvalue weighted by Crippen LogP contribution is 2.08. The highest BCUT2D eigenvalue weighted by atomic mass is 16.3. The lowest BCUT2D eigenvalue weighted by molar-refractivity contribution is -0.134. The van der Waals surface area contributed by atoms with Crippen LogP contribution in [0.25, 0.3) is 0 Å². The Morgan fingerprint density at radius 2 is 1.47 bits per heavy atom. The van der Waals surface area contributed by atoms with E-state index in [0.29, 0.717) is 0 Å². The summed E-state index contributed by atoms with van der Waals surface area (Å²) in [4.78, 5) is 61.4. The third kappa shape index (κ3) is 10.9. The molecule has 0 heterocycles. The molecule has 7 N–H and O–H groups in total. The van der Waals surface area contributed by atoms with Crippen LogP contribution in [0.1, 0.15) is 53.0 Å². The second-order valence-electron chi connectivity index (χ2n) is 9.26. The minimum atomic E-state index is -1.02. The number of hydrogen-bond donors (Lipinski definition) is 6. The first-order valence-corrected chi connectivity index (χ1v) is 12.0. The monoisotopic (exact) mass is 505 g/mol. The average Bonchev–Trinajstić information content (AvgIpc) is 2.79. The van der Waals surface area contributed by atoms with Gasteiger partial charge in [0.05, 0.1) is 12.1 Å². The maximum absolute atomic E-state index is 13.1. The van der Waals surface area contributed by atoms with Gasteiger partial charge in [-0.1, -0.05) is 44.2 Å². The normalized spacial score (nSPS) is 15.1. The van der Waals surface area contributed by atoms with Crippen LogP contribution in [0.3, 0.4) is 0 Å². The van der Waals surface area contributed by atoms with Crippen molar-refractivity contribution >= 4 is 29.5 Å². The molecule has 0 saturated heterocycles. The second kappa shape index (κ2) is 14.8. The van der Waals surface area contributed by atoms with Crippen LogP contribution in [0.5, 0.6) is 0 Å². The quantitative estimate of drug-likeness (QED) is 0.198. The molecule has 1 aromatic rings. The molecule has 11 nitrogen and oxygen atoms in total. The number of nitrogens with one attached hydrogen (secondary N) is 4. The number of carbonyl (C=O) groups excluding carboxylic acids is 5. The number of carbonyl (C=O) groups is 5. The predicted octanol–water partition coefficient (Wildman–Crippen LogP) is -0.490. The van der Waals surface area contributed by atoms with Crippen molar-refractivity contribution in [2.45, 2.75) is 84.2 Å². The summed E-state index contributed by atoms with van der Waals surface area (Å²) in [7, 11) is 0. The molecule has 0 bridgehead atoms. The van der Waals surface area contributed by atoms with E-state index in [4.69, 9.17) is 5.73 Å². The van der Waals surface area contributed by atoms with Gasteiger partial charge in [0.2, 0.25) is 29.5 Å². The Labute approximate surface area is 212 Å². The molecule has 200 valence electrons. The average molecular weight is 506 g/mol. The fourth-order valence-electron chi connectivity index (χ4n) is 3.49. The Morgan fingerprint density at radius 1 is 0.861 bits per heavy atom. The van der Waals surface area contributed by atoms with Crippen molar-refractivity contribution < 1.29 is 29.1 Å². The lowest BCUT2D eigenvalue weighted by Crippen LogP contribution is -2.58. The summed E-state index contributed by atoms with van der Waals surface area (Å²) in [5.41, 5.74) is 5.94. The minimum Gasteiger partial charge on any atom is -0.391 e. The summed E-state index contributed by atoms with van der Waals surface area (Å²) < 4.78 is 0. The number of primary amides is 1. The first kappa shape index (κ1) is 30.6. The maximum atomic E-state index is 13.1. The number of aliphatic hydroxyl groups is 1. The zero-order valence-corrected chi connectivity index (χ0v) is 21.5. The smallest absolute Gasteiger partial charge is 0.243 e. The summed E-state index contributed by atoms with van der Waals surface area (Å²) in [6.07, 6.45) is -0.658. The molecular formula is C25H39N5O6. The van der Waals surface area contributed by atoms with Crippen molar-refractivity contribution in [1.29, 1.82) is 0 Å². The first-order chi connectivity index (χ1) is 16.8. The van der Waals surface area contributed by atoms with Crippen molar-refractivity contribution in [3.05, 3.63) is 35.9 Å². The van der Waals surface area contributed by atoms with Gasteiger partial charge in [0.15, 0.2) is 0 Å². The van der Waals surface area contributed by atoms with E-state index in [0.717, 1.165) is 5.56 Å². The summed E-state index contributed by atoms with van der Waals surface area (Å²) in [6.45, 7) is 7.79. The Balaban J connectivity index is 2.98. The van der Waals surface area contributed by atoms with Gasteiger partial charge in [-0.3, -0.25) is 24.0 Å². The van der Waals surface area contributed by atoms with Crippen LogP contribution >= 0.6 is 0 Å². The van der Waals surface area contributed by atoms with Crippen LogP contribution in [0.2, 0.25) is 0 Å². The second-order valence-corrected chi connectivity index (χ2v) is 9.26. The van der Waals surface area contributed by atoms with E-state index in [-0.39, 0.29) is 31.1 Å². The topological polar surface area (TPSA) is 180 Å². The molecule has 1 rings (SSSR count). The van der Waals surface area contributed by atoms with Gasteiger partial charge >= 0.3 is 0 Å². The fraction of sp³-hybridized carbons (Fsp3) is 0.560. The third-order valence-electron chi connectivity index (χ3n) is 5.59. The number of hydrogen-bond acceptors (Lipinski definition) is 6. The molecule has 11 heteroatoms. The highest BCUT2D eigenvalue weighted by molar-refractivity contribution is 5.94. The summed E-state index contributed by atoms with van der Waals surface area (Å²) in [5.74, 6) is -2.84. The Bertz CT molecular complexity index is 905. The van der Waals surface area contributed by atoms with E-state index in [1.807, 2.05) is 18.2 Å². The van der Waals surface area contributed by atoms with Crippen LogP contribution in [0, 0.1) is 5.92 Å². The number of amides is 5. The van der Waals surface area contributed by atoms with Gasteiger partial charge in [0, 0.05) is 19.8 Å². The number of rotatable bonds is 14. The van der Waals surface area contributed by atoms with Crippen LogP contribution in [-0.4, -0.2) is 64.9 Å². The van der Waals surface area contributed by atoms with Crippen LogP contribution in [0.15, 0.2) is 30.3 Å². The SMILES string of the molecule is CC(=O)N[C@H](C(=O)NC(Cc1ccccc1)C(=O)NC(C)C(=O)NC(CCC(N)=O)C(C)O)C(C)C. The van der Waals surface area contributed by atoms with Gasteiger partial charge in [-0.25, -0.2) is 0 Å². The lowest BCUT2D eigenvalue weighted by Gasteiger charge is -2.27. The summed E-state index contributed by atoms with van der Waals surface area (Å²) in [6, 6.07) is 5.46. The Kier molecular flexibility index (Phi) is 12.6. The molecule has 5 atom stereocenters. The molecule has 5 amide bonds. The first-order valence-electron chi connectivity index (χ1n) is 12.0. The molecule has 4 unspecified atom stereocenters. The zero-order valence-electron chi connectivity index (χ0n) is 21.5. The lowest BCUT2D eigenvalue weighted by atomic mass is 10.0. The van der Waals surface area contributed by atoms with Gasteiger partial charge in [-0.15, -0.1) is 0 Å². The highest BCUT2D eigenvalue weighted by Gasteiger charge is 2.30. The van der Waals surface area contributed by atoms with Crippen molar-refractivity contribution in [2.24, 2.45) is 11.7 Å². The maximum Gasteiger partial charge on any atom is 0.243 e. The molecule has 0 spiro atoms. The van der Waals surface area contributed by atoms with Gasteiger partial charge in [-0.05, 0) is 31.7 Å². The van der Waals surface area contributed by atoms with Crippen LogP contribution in [-0.2, 0) is 30.4 Å². The molecule has 0 aliphatic rings. The van der Waals surface area contributed by atoms with Gasteiger partial charge in [-0.2, -0.15) is 0 Å². The predicted molar refractivity (Wildman–Crippen MR) is 134 cm³/mol. The number of benzene rings is 1. The van der Waals surface area contributed by atoms with Crippen molar-refractivity contribution in [3.8, 4) is 0 Å².